The Morgan fingerprint density at radius 2 is 2.42 bits per heavy atom. The van der Waals surface area contributed by atoms with Gasteiger partial charge in [-0.1, -0.05) is 0 Å². The third kappa shape index (κ3) is 1.33. The highest BCUT2D eigenvalue weighted by atomic mass is 16.5. The Morgan fingerprint density at radius 3 is 3.00 bits per heavy atom. The van der Waals surface area contributed by atoms with Crippen molar-refractivity contribution >= 4 is 0 Å². The number of hydrogen-bond donors (Lipinski definition) is 2. The highest BCUT2D eigenvalue weighted by molar-refractivity contribution is 5.11. The van der Waals surface area contributed by atoms with Crippen LogP contribution in [0.5, 0.6) is 0 Å². The molecule has 0 amide bonds. The molecule has 1 aromatic rings. The van der Waals surface area contributed by atoms with Crippen molar-refractivity contribution < 1.29 is 4.74 Å². The number of aryl methyl sites for hydroxylation is 1. The molecular formula is C7H12N4O. The van der Waals surface area contributed by atoms with E-state index in [0.29, 0.717) is 6.61 Å². The summed E-state index contributed by atoms with van der Waals surface area (Å²) in [4.78, 5) is 0. The molecular weight excluding hydrogens is 156 g/mol. The molecule has 0 spiro atoms. The van der Waals surface area contributed by atoms with E-state index in [0.717, 1.165) is 24.5 Å². The summed E-state index contributed by atoms with van der Waals surface area (Å²) < 4.78 is 5.32. The number of rotatable bonds is 1. The molecule has 1 fully saturated rings. The first-order valence-corrected chi connectivity index (χ1v) is 4.06. The van der Waals surface area contributed by atoms with Gasteiger partial charge in [0.1, 0.15) is 5.69 Å². The number of morpholine rings is 1. The Kier molecular flexibility index (Phi) is 2.05. The van der Waals surface area contributed by atoms with E-state index in [2.05, 4.69) is 20.7 Å². The zero-order valence-electron chi connectivity index (χ0n) is 7.00. The monoisotopic (exact) mass is 168 g/mol. The van der Waals surface area contributed by atoms with Crippen molar-refractivity contribution in [1.29, 1.82) is 0 Å². The molecule has 1 aliphatic rings. The number of hydrogen-bond acceptors (Lipinski definition) is 4. The number of nitrogens with one attached hydrogen (secondary N) is 2. The fraction of sp³-hybridized carbons (Fsp3) is 0.714. The molecule has 0 bridgehead atoms. The van der Waals surface area contributed by atoms with Gasteiger partial charge >= 0.3 is 0 Å². The van der Waals surface area contributed by atoms with Crippen LogP contribution in [0.15, 0.2) is 0 Å². The minimum atomic E-state index is 0.206. The van der Waals surface area contributed by atoms with Gasteiger partial charge in [-0.05, 0) is 6.92 Å². The third-order valence-electron chi connectivity index (χ3n) is 2.01. The van der Waals surface area contributed by atoms with E-state index >= 15 is 0 Å². The van der Waals surface area contributed by atoms with E-state index in [1.54, 1.807) is 0 Å². The molecule has 2 heterocycles. The molecule has 5 heteroatoms. The molecule has 1 aliphatic heterocycles. The lowest BCUT2D eigenvalue weighted by Crippen LogP contribution is -2.35. The molecule has 0 saturated carbocycles. The third-order valence-corrected chi connectivity index (χ3v) is 2.01. The van der Waals surface area contributed by atoms with Gasteiger partial charge in [0.15, 0.2) is 0 Å². The Morgan fingerprint density at radius 1 is 1.50 bits per heavy atom. The fourth-order valence-corrected chi connectivity index (χ4v) is 1.36. The Hall–Kier alpha value is -0.940. The summed E-state index contributed by atoms with van der Waals surface area (Å²) in [5, 5.41) is 13.9. The summed E-state index contributed by atoms with van der Waals surface area (Å²) in [6.45, 7) is 4.30. The quantitative estimate of drug-likeness (QED) is 0.608. The van der Waals surface area contributed by atoms with Gasteiger partial charge in [0.2, 0.25) is 0 Å². The number of aromatic amines is 1. The van der Waals surface area contributed by atoms with Crippen molar-refractivity contribution in [3.05, 3.63) is 11.4 Å². The van der Waals surface area contributed by atoms with Crippen molar-refractivity contribution in [2.45, 2.75) is 13.0 Å². The molecule has 0 aromatic carbocycles. The normalized spacial score (nSPS) is 24.2. The molecule has 1 aromatic heterocycles. The molecule has 2 N–H and O–H groups in total. The zero-order chi connectivity index (χ0) is 8.39. The number of ether oxygens (including phenoxy) is 1. The average molecular weight is 168 g/mol. The SMILES string of the molecule is Cc1n[nH]nc1C1COCCN1. The van der Waals surface area contributed by atoms with Crippen LogP contribution in [0.4, 0.5) is 0 Å². The Labute approximate surface area is 70.5 Å². The van der Waals surface area contributed by atoms with Crippen LogP contribution in [-0.4, -0.2) is 35.2 Å². The standard InChI is InChI=1S/C7H12N4O/c1-5-7(10-11-9-5)6-4-12-3-2-8-6/h6,8H,2-4H2,1H3,(H,9,10,11). The van der Waals surface area contributed by atoms with Crippen molar-refractivity contribution in [2.75, 3.05) is 19.8 Å². The second kappa shape index (κ2) is 3.20. The molecule has 1 saturated heterocycles. The van der Waals surface area contributed by atoms with Crippen LogP contribution in [0.3, 0.4) is 0 Å². The summed E-state index contributed by atoms with van der Waals surface area (Å²) in [5.74, 6) is 0. The van der Waals surface area contributed by atoms with E-state index in [4.69, 9.17) is 4.74 Å². The first-order valence-electron chi connectivity index (χ1n) is 4.06. The average Bonchev–Trinajstić information content (AvgIpc) is 2.53. The van der Waals surface area contributed by atoms with E-state index in [1.165, 1.54) is 0 Å². The summed E-state index contributed by atoms with van der Waals surface area (Å²) in [5.41, 5.74) is 1.91. The van der Waals surface area contributed by atoms with Crippen molar-refractivity contribution in [3.8, 4) is 0 Å². The van der Waals surface area contributed by atoms with E-state index in [-0.39, 0.29) is 6.04 Å². The van der Waals surface area contributed by atoms with Gasteiger partial charge in [-0.15, -0.1) is 0 Å². The fourth-order valence-electron chi connectivity index (χ4n) is 1.36. The molecule has 5 nitrogen and oxygen atoms in total. The summed E-state index contributed by atoms with van der Waals surface area (Å²) in [6.07, 6.45) is 0. The van der Waals surface area contributed by atoms with Gasteiger partial charge in [-0.25, -0.2) is 0 Å². The van der Waals surface area contributed by atoms with Crippen molar-refractivity contribution in [2.24, 2.45) is 0 Å². The van der Waals surface area contributed by atoms with Crippen molar-refractivity contribution in [1.82, 2.24) is 20.7 Å². The van der Waals surface area contributed by atoms with Crippen LogP contribution in [-0.2, 0) is 4.74 Å². The van der Waals surface area contributed by atoms with Gasteiger partial charge in [0.05, 0.1) is 24.9 Å². The first kappa shape index (κ1) is 7.70. The lowest BCUT2D eigenvalue weighted by Gasteiger charge is -2.22. The predicted molar refractivity (Wildman–Crippen MR) is 42.7 cm³/mol. The van der Waals surface area contributed by atoms with E-state index < -0.39 is 0 Å². The lowest BCUT2D eigenvalue weighted by atomic mass is 10.2. The molecule has 0 radical (unpaired) electrons. The van der Waals surface area contributed by atoms with Crippen LogP contribution in [0.1, 0.15) is 17.4 Å². The minimum absolute atomic E-state index is 0.206. The van der Waals surface area contributed by atoms with Crippen LogP contribution >= 0.6 is 0 Å². The predicted octanol–water partition coefficient (Wildman–Crippen LogP) is -0.226. The second-order valence-corrected chi connectivity index (χ2v) is 2.88. The molecule has 66 valence electrons. The first-order chi connectivity index (χ1) is 5.88. The number of H-pyrrole nitrogens is 1. The van der Waals surface area contributed by atoms with E-state index in [9.17, 15) is 0 Å². The van der Waals surface area contributed by atoms with E-state index in [1.807, 2.05) is 6.92 Å². The van der Waals surface area contributed by atoms with Crippen molar-refractivity contribution in [3.63, 3.8) is 0 Å². The highest BCUT2D eigenvalue weighted by Gasteiger charge is 2.19. The van der Waals surface area contributed by atoms with Crippen LogP contribution in [0, 0.1) is 6.92 Å². The summed E-state index contributed by atoms with van der Waals surface area (Å²) >= 11 is 0. The van der Waals surface area contributed by atoms with Crippen LogP contribution in [0.2, 0.25) is 0 Å². The number of aromatic nitrogens is 3. The highest BCUT2D eigenvalue weighted by Crippen LogP contribution is 2.14. The maximum Gasteiger partial charge on any atom is 0.105 e. The topological polar surface area (TPSA) is 62.8 Å². The zero-order valence-corrected chi connectivity index (χ0v) is 7.00. The van der Waals surface area contributed by atoms with Crippen LogP contribution < -0.4 is 5.32 Å². The maximum atomic E-state index is 5.32. The van der Waals surface area contributed by atoms with Gasteiger partial charge in [-0.3, -0.25) is 0 Å². The minimum Gasteiger partial charge on any atom is -0.378 e. The number of nitrogens with zero attached hydrogens (tertiary/aromatic N) is 2. The van der Waals surface area contributed by atoms with Gasteiger partial charge in [0.25, 0.3) is 0 Å². The Balaban J connectivity index is 2.13. The molecule has 1 unspecified atom stereocenters. The summed E-state index contributed by atoms with van der Waals surface area (Å²) in [7, 11) is 0. The molecule has 12 heavy (non-hydrogen) atoms. The van der Waals surface area contributed by atoms with Crippen LogP contribution in [0.25, 0.3) is 0 Å². The Bertz CT molecular complexity index is 254. The molecule has 2 rings (SSSR count). The molecule has 1 atom stereocenters. The molecule has 0 aliphatic carbocycles. The maximum absolute atomic E-state index is 5.32. The smallest absolute Gasteiger partial charge is 0.105 e. The lowest BCUT2D eigenvalue weighted by molar-refractivity contribution is 0.0754. The largest absolute Gasteiger partial charge is 0.378 e. The summed E-state index contributed by atoms with van der Waals surface area (Å²) in [6, 6.07) is 0.206. The second-order valence-electron chi connectivity index (χ2n) is 2.88. The van der Waals surface area contributed by atoms with Gasteiger partial charge in [0, 0.05) is 6.54 Å². The van der Waals surface area contributed by atoms with Gasteiger partial charge in [-0.2, -0.15) is 15.4 Å². The van der Waals surface area contributed by atoms with Gasteiger partial charge < -0.3 is 10.1 Å².